The zero-order chi connectivity index (χ0) is 22.5. The Bertz CT molecular complexity index is 1140. The molecule has 2 fully saturated rings. The van der Waals surface area contributed by atoms with E-state index < -0.39 is 17.6 Å². The second-order valence-electron chi connectivity index (χ2n) is 8.39. The quantitative estimate of drug-likeness (QED) is 0.547. The predicted octanol–water partition coefficient (Wildman–Crippen LogP) is 4.97. The molecule has 0 aliphatic carbocycles. The highest BCUT2D eigenvalue weighted by Crippen LogP contribution is 2.37. The van der Waals surface area contributed by atoms with Crippen molar-refractivity contribution in [1.82, 2.24) is 19.2 Å². The van der Waals surface area contributed by atoms with Gasteiger partial charge in [-0.1, -0.05) is 18.0 Å². The van der Waals surface area contributed by atoms with Gasteiger partial charge in [-0.3, -0.25) is 14.1 Å². The van der Waals surface area contributed by atoms with Crippen LogP contribution in [0.5, 0.6) is 0 Å². The van der Waals surface area contributed by atoms with E-state index in [-0.39, 0.29) is 28.1 Å². The first-order chi connectivity index (χ1) is 15.3. The number of hydrogen-bond acceptors (Lipinski definition) is 4. The van der Waals surface area contributed by atoms with E-state index in [1.165, 1.54) is 25.1 Å². The van der Waals surface area contributed by atoms with Gasteiger partial charge in [0.05, 0.1) is 18.1 Å². The number of carbonyl (C=O) groups is 1. The van der Waals surface area contributed by atoms with Gasteiger partial charge in [0.1, 0.15) is 5.15 Å². The topological polar surface area (TPSA) is 54.0 Å². The summed E-state index contributed by atoms with van der Waals surface area (Å²) in [4.78, 5) is 21.3. The molecule has 2 saturated heterocycles. The van der Waals surface area contributed by atoms with Crippen LogP contribution in [-0.4, -0.2) is 57.3 Å². The van der Waals surface area contributed by atoms with Crippen LogP contribution in [0.2, 0.25) is 5.15 Å². The summed E-state index contributed by atoms with van der Waals surface area (Å²) in [6, 6.07) is 2.83. The molecular formula is C22H22ClF3N4O2. The van der Waals surface area contributed by atoms with Gasteiger partial charge in [-0.25, -0.2) is 4.98 Å². The number of imidazole rings is 1. The summed E-state index contributed by atoms with van der Waals surface area (Å²) in [6.45, 7) is 3.12. The molecule has 170 valence electrons. The van der Waals surface area contributed by atoms with Gasteiger partial charge < -0.3 is 9.32 Å². The van der Waals surface area contributed by atoms with Crippen molar-refractivity contribution >= 4 is 23.2 Å². The van der Waals surface area contributed by atoms with Gasteiger partial charge in [-0.05, 0) is 44.5 Å². The van der Waals surface area contributed by atoms with Gasteiger partial charge in [-0.2, -0.15) is 13.2 Å². The van der Waals surface area contributed by atoms with Crippen molar-refractivity contribution in [2.75, 3.05) is 26.2 Å². The van der Waals surface area contributed by atoms with Crippen LogP contribution in [0, 0.1) is 0 Å². The number of piperidine rings is 1. The molecule has 1 amide bonds. The third-order valence-electron chi connectivity index (χ3n) is 6.38. The fourth-order valence-electron chi connectivity index (χ4n) is 4.71. The molecule has 10 heteroatoms. The monoisotopic (exact) mass is 466 g/mol. The maximum Gasteiger partial charge on any atom is 0.420 e. The van der Waals surface area contributed by atoms with Crippen LogP contribution in [0.1, 0.15) is 41.7 Å². The highest BCUT2D eigenvalue weighted by molar-refractivity contribution is 6.33. The van der Waals surface area contributed by atoms with Crippen LogP contribution in [0.3, 0.4) is 0 Å². The lowest BCUT2D eigenvalue weighted by Crippen LogP contribution is -2.41. The molecule has 2 aliphatic rings. The molecule has 0 spiro atoms. The van der Waals surface area contributed by atoms with Crippen molar-refractivity contribution < 1.29 is 22.4 Å². The summed E-state index contributed by atoms with van der Waals surface area (Å²) in [5.74, 6) is -0.434. The number of aromatic nitrogens is 2. The first-order valence-electron chi connectivity index (χ1n) is 10.7. The standard InChI is InChI=1S/C22H22ClF3N4O2/c23-19-18(21(31)29-8-4-16(12-29)28-6-2-1-3-7-28)27-20-17(22(24,25)26)10-15(11-30(19)20)14-5-9-32-13-14/h5,9-11,13,16H,1-4,6-8,12H2. The van der Waals surface area contributed by atoms with Gasteiger partial charge in [-0.15, -0.1) is 0 Å². The summed E-state index contributed by atoms with van der Waals surface area (Å²) in [5.41, 5.74) is -0.752. The third-order valence-corrected chi connectivity index (χ3v) is 6.74. The van der Waals surface area contributed by atoms with E-state index >= 15 is 0 Å². The van der Waals surface area contributed by atoms with Gasteiger partial charge >= 0.3 is 6.18 Å². The highest BCUT2D eigenvalue weighted by Gasteiger charge is 2.38. The molecule has 2 aliphatic heterocycles. The van der Waals surface area contributed by atoms with E-state index in [9.17, 15) is 18.0 Å². The van der Waals surface area contributed by atoms with Crippen LogP contribution < -0.4 is 0 Å². The lowest BCUT2D eigenvalue weighted by Gasteiger charge is -2.32. The molecule has 0 N–H and O–H groups in total. The SMILES string of the molecule is O=C(c1nc2c(C(F)(F)F)cc(-c3ccoc3)cn2c1Cl)N1CCC(N2CCCCC2)C1. The Morgan fingerprint density at radius 1 is 1.16 bits per heavy atom. The molecule has 5 rings (SSSR count). The van der Waals surface area contributed by atoms with Gasteiger partial charge in [0.15, 0.2) is 11.3 Å². The minimum Gasteiger partial charge on any atom is -0.472 e. The molecule has 5 heterocycles. The molecular weight excluding hydrogens is 445 g/mol. The van der Waals surface area contributed by atoms with Crippen molar-refractivity contribution in [1.29, 1.82) is 0 Å². The van der Waals surface area contributed by atoms with Gasteiger partial charge in [0, 0.05) is 36.5 Å². The number of nitrogens with zero attached hydrogens (tertiary/aromatic N) is 4. The Balaban J connectivity index is 1.49. The lowest BCUT2D eigenvalue weighted by atomic mass is 10.1. The minimum absolute atomic E-state index is 0.123. The zero-order valence-electron chi connectivity index (χ0n) is 17.2. The number of rotatable bonds is 3. The summed E-state index contributed by atoms with van der Waals surface area (Å²) in [5, 5.41) is -0.123. The third kappa shape index (κ3) is 3.77. The Kier molecular flexibility index (Phi) is 5.41. The van der Waals surface area contributed by atoms with Crippen molar-refractivity contribution in [2.24, 2.45) is 0 Å². The molecule has 32 heavy (non-hydrogen) atoms. The van der Waals surface area contributed by atoms with Gasteiger partial charge in [0.25, 0.3) is 5.91 Å². The summed E-state index contributed by atoms with van der Waals surface area (Å²) in [6.07, 6.45) is 3.89. The molecule has 0 radical (unpaired) electrons. The van der Waals surface area contributed by atoms with E-state index in [0.717, 1.165) is 42.8 Å². The first-order valence-corrected chi connectivity index (χ1v) is 11.1. The van der Waals surface area contributed by atoms with Crippen molar-refractivity contribution in [3.8, 4) is 11.1 Å². The number of amides is 1. The maximum atomic E-state index is 13.8. The maximum absolute atomic E-state index is 13.8. The molecule has 0 saturated carbocycles. The minimum atomic E-state index is -4.66. The number of hydrogen-bond donors (Lipinski definition) is 0. The number of fused-ring (bicyclic) bond motifs is 1. The summed E-state index contributed by atoms with van der Waals surface area (Å²) >= 11 is 6.42. The van der Waals surface area contributed by atoms with Crippen LogP contribution >= 0.6 is 11.6 Å². The molecule has 1 unspecified atom stereocenters. The highest BCUT2D eigenvalue weighted by atomic mass is 35.5. The number of carbonyl (C=O) groups excluding carboxylic acids is 1. The average molecular weight is 467 g/mol. The molecule has 3 aromatic heterocycles. The van der Waals surface area contributed by atoms with E-state index in [2.05, 4.69) is 9.88 Å². The van der Waals surface area contributed by atoms with E-state index in [1.54, 1.807) is 11.0 Å². The average Bonchev–Trinajstić information content (AvgIpc) is 3.53. The predicted molar refractivity (Wildman–Crippen MR) is 113 cm³/mol. The number of likely N-dealkylation sites (tertiary alicyclic amines) is 2. The number of furan rings is 1. The Morgan fingerprint density at radius 3 is 2.62 bits per heavy atom. The Morgan fingerprint density at radius 2 is 1.94 bits per heavy atom. The lowest BCUT2D eigenvalue weighted by molar-refractivity contribution is -0.136. The second-order valence-corrected chi connectivity index (χ2v) is 8.75. The molecule has 0 bridgehead atoms. The van der Waals surface area contributed by atoms with Crippen LogP contribution in [-0.2, 0) is 6.18 Å². The van der Waals surface area contributed by atoms with Crippen LogP contribution in [0.25, 0.3) is 16.8 Å². The molecule has 3 aromatic rings. The number of halogens is 4. The van der Waals surface area contributed by atoms with Crippen LogP contribution in [0.15, 0.2) is 35.3 Å². The Hall–Kier alpha value is -2.52. The largest absolute Gasteiger partial charge is 0.472 e. The van der Waals surface area contributed by atoms with Gasteiger partial charge in [0.2, 0.25) is 0 Å². The van der Waals surface area contributed by atoms with Crippen molar-refractivity contribution in [2.45, 2.75) is 37.9 Å². The Labute approximate surface area is 187 Å². The summed E-state index contributed by atoms with van der Waals surface area (Å²) in [7, 11) is 0. The molecule has 6 nitrogen and oxygen atoms in total. The van der Waals surface area contributed by atoms with E-state index in [4.69, 9.17) is 16.0 Å². The van der Waals surface area contributed by atoms with Crippen molar-refractivity contribution in [3.05, 3.63) is 47.3 Å². The fourth-order valence-corrected chi connectivity index (χ4v) is 4.96. The van der Waals surface area contributed by atoms with Crippen LogP contribution in [0.4, 0.5) is 13.2 Å². The smallest absolute Gasteiger partial charge is 0.420 e. The van der Waals surface area contributed by atoms with E-state index in [0.29, 0.717) is 18.7 Å². The zero-order valence-corrected chi connectivity index (χ0v) is 18.0. The number of alkyl halides is 3. The van der Waals surface area contributed by atoms with E-state index in [1.807, 2.05) is 0 Å². The normalized spacial score (nSPS) is 20.4. The molecule has 1 atom stereocenters. The summed E-state index contributed by atoms with van der Waals surface area (Å²) < 4.78 is 47.6. The second kappa shape index (κ2) is 8.12. The van der Waals surface area contributed by atoms with Crippen molar-refractivity contribution in [3.63, 3.8) is 0 Å². The first kappa shape index (κ1) is 21.3. The number of pyridine rings is 1. The molecule has 0 aromatic carbocycles. The fraction of sp³-hybridized carbons (Fsp3) is 0.455.